The molecule has 0 fully saturated rings. The van der Waals surface area contributed by atoms with E-state index in [1.807, 2.05) is 47.5 Å². The molecule has 112 valence electrons. The van der Waals surface area contributed by atoms with Crippen molar-refractivity contribution >= 4 is 41.0 Å². The second kappa shape index (κ2) is 6.50. The maximum atomic E-state index is 12.8. The molecule has 1 amide bonds. The van der Waals surface area contributed by atoms with Gasteiger partial charge in [-0.05, 0) is 48.9 Å². The molecule has 1 unspecified atom stereocenters. The van der Waals surface area contributed by atoms with Crippen molar-refractivity contribution < 1.29 is 4.79 Å². The second-order valence-corrected chi connectivity index (χ2v) is 6.15. The fourth-order valence-corrected chi connectivity index (χ4v) is 3.55. The van der Waals surface area contributed by atoms with Crippen LogP contribution < -0.4 is 10.6 Å². The monoisotopic (exact) mass is 322 g/mol. The molecule has 21 heavy (non-hydrogen) atoms. The van der Waals surface area contributed by atoms with Crippen LogP contribution >= 0.6 is 23.7 Å². The van der Waals surface area contributed by atoms with Crippen LogP contribution in [0.5, 0.6) is 0 Å². The van der Waals surface area contributed by atoms with Gasteiger partial charge in [0.25, 0.3) is 0 Å². The fourth-order valence-electron chi connectivity index (χ4n) is 2.77. The van der Waals surface area contributed by atoms with E-state index < -0.39 is 0 Å². The molecule has 0 spiro atoms. The van der Waals surface area contributed by atoms with E-state index >= 15 is 0 Å². The van der Waals surface area contributed by atoms with Gasteiger partial charge in [-0.3, -0.25) is 4.79 Å². The first-order valence-corrected chi connectivity index (χ1v) is 7.78. The molecule has 3 nitrogen and oxygen atoms in total. The maximum absolute atomic E-state index is 12.8. The van der Waals surface area contributed by atoms with Crippen molar-refractivity contribution in [1.29, 1.82) is 0 Å². The minimum Gasteiger partial charge on any atom is -0.398 e. The summed E-state index contributed by atoms with van der Waals surface area (Å²) in [5.41, 5.74) is 8.94. The molecule has 0 bridgehead atoms. The number of fused-ring (bicyclic) bond motifs is 1. The molecule has 1 aromatic heterocycles. The standard InChI is InChI=1S/C16H18N2OS.ClH/c1-11(15-8-4-10-20-15)16(19)18-9-3-5-12-13(17)6-2-7-14(12)18;/h2,4,6-8,10-11H,3,5,9,17H2,1H3;1H. The van der Waals surface area contributed by atoms with E-state index in [9.17, 15) is 4.79 Å². The summed E-state index contributed by atoms with van der Waals surface area (Å²) in [4.78, 5) is 15.8. The first-order valence-electron chi connectivity index (χ1n) is 6.90. The quantitative estimate of drug-likeness (QED) is 0.854. The highest BCUT2D eigenvalue weighted by atomic mass is 35.5. The van der Waals surface area contributed by atoms with Crippen molar-refractivity contribution in [1.82, 2.24) is 0 Å². The topological polar surface area (TPSA) is 46.3 Å². The lowest BCUT2D eigenvalue weighted by molar-refractivity contribution is -0.119. The van der Waals surface area contributed by atoms with Gasteiger partial charge in [0, 0.05) is 22.8 Å². The van der Waals surface area contributed by atoms with Crippen LogP contribution in [0.1, 0.15) is 29.7 Å². The molecule has 0 saturated heterocycles. The average Bonchev–Trinajstić information content (AvgIpc) is 3.00. The van der Waals surface area contributed by atoms with Crippen LogP contribution in [0, 0.1) is 0 Å². The van der Waals surface area contributed by atoms with Crippen LogP contribution in [-0.2, 0) is 11.2 Å². The Morgan fingerprint density at radius 2 is 2.14 bits per heavy atom. The number of benzene rings is 1. The number of nitrogens with zero attached hydrogens (tertiary/aromatic N) is 1. The van der Waals surface area contributed by atoms with Crippen LogP contribution in [0.15, 0.2) is 35.7 Å². The predicted molar refractivity (Wildman–Crippen MR) is 91.5 cm³/mol. The third kappa shape index (κ3) is 2.92. The Morgan fingerprint density at radius 3 is 2.86 bits per heavy atom. The molecular weight excluding hydrogens is 304 g/mol. The Morgan fingerprint density at radius 1 is 1.33 bits per heavy atom. The Labute approximate surface area is 135 Å². The number of nitrogen functional groups attached to an aromatic ring is 1. The number of halogens is 1. The molecule has 1 atom stereocenters. The van der Waals surface area contributed by atoms with E-state index in [1.165, 1.54) is 0 Å². The number of amides is 1. The van der Waals surface area contributed by atoms with Crippen molar-refractivity contribution in [3.8, 4) is 0 Å². The predicted octanol–water partition coefficient (Wildman–Crippen LogP) is 3.84. The second-order valence-electron chi connectivity index (χ2n) is 5.18. The first-order chi connectivity index (χ1) is 9.68. The number of hydrogen-bond acceptors (Lipinski definition) is 3. The van der Waals surface area contributed by atoms with Gasteiger partial charge in [0.15, 0.2) is 0 Å². The number of hydrogen-bond donors (Lipinski definition) is 1. The normalized spacial score (nSPS) is 15.0. The summed E-state index contributed by atoms with van der Waals surface area (Å²) in [7, 11) is 0. The van der Waals surface area contributed by atoms with Gasteiger partial charge in [0.05, 0.1) is 5.92 Å². The van der Waals surface area contributed by atoms with Gasteiger partial charge in [-0.25, -0.2) is 0 Å². The zero-order chi connectivity index (χ0) is 14.1. The van der Waals surface area contributed by atoms with Gasteiger partial charge >= 0.3 is 0 Å². The molecule has 2 N–H and O–H groups in total. The lowest BCUT2D eigenvalue weighted by atomic mass is 9.98. The van der Waals surface area contributed by atoms with Crippen LogP contribution in [-0.4, -0.2) is 12.5 Å². The molecule has 0 radical (unpaired) electrons. The Bertz CT molecular complexity index is 627. The highest BCUT2D eigenvalue weighted by Crippen LogP contribution is 2.34. The summed E-state index contributed by atoms with van der Waals surface area (Å²) in [6.45, 7) is 2.76. The molecule has 0 saturated carbocycles. The van der Waals surface area contributed by atoms with Gasteiger partial charge in [-0.2, -0.15) is 0 Å². The summed E-state index contributed by atoms with van der Waals surface area (Å²) in [6.07, 6.45) is 1.93. The molecule has 5 heteroatoms. The Kier molecular flexibility index (Phi) is 4.91. The minimum absolute atomic E-state index is 0. The van der Waals surface area contributed by atoms with Gasteiger partial charge in [-0.1, -0.05) is 12.1 Å². The van der Waals surface area contributed by atoms with Crippen molar-refractivity contribution in [3.05, 3.63) is 46.2 Å². The number of carbonyl (C=O) groups excluding carboxylic acids is 1. The van der Waals surface area contributed by atoms with Crippen LogP contribution in [0.25, 0.3) is 0 Å². The highest BCUT2D eigenvalue weighted by Gasteiger charge is 2.28. The lowest BCUT2D eigenvalue weighted by Crippen LogP contribution is -2.38. The van der Waals surface area contributed by atoms with Crippen LogP contribution in [0.3, 0.4) is 0 Å². The Hall–Kier alpha value is -1.52. The zero-order valence-electron chi connectivity index (χ0n) is 11.9. The lowest BCUT2D eigenvalue weighted by Gasteiger charge is -2.32. The van der Waals surface area contributed by atoms with E-state index in [0.717, 1.165) is 41.2 Å². The van der Waals surface area contributed by atoms with Gasteiger partial charge in [-0.15, -0.1) is 23.7 Å². The summed E-state index contributed by atoms with van der Waals surface area (Å²) < 4.78 is 0. The molecular formula is C16H19ClN2OS. The molecule has 1 aliphatic rings. The van der Waals surface area contributed by atoms with Gasteiger partial charge in [0.2, 0.25) is 5.91 Å². The number of thiophene rings is 1. The summed E-state index contributed by atoms with van der Waals surface area (Å²) in [6, 6.07) is 9.86. The summed E-state index contributed by atoms with van der Waals surface area (Å²) in [5.74, 6) is 0.0707. The zero-order valence-corrected chi connectivity index (χ0v) is 13.5. The molecule has 1 aliphatic heterocycles. The van der Waals surface area contributed by atoms with Gasteiger partial charge < -0.3 is 10.6 Å². The van der Waals surface area contributed by atoms with E-state index in [2.05, 4.69) is 0 Å². The smallest absolute Gasteiger partial charge is 0.235 e. The summed E-state index contributed by atoms with van der Waals surface area (Å²) in [5, 5.41) is 2.02. The Balaban J connectivity index is 0.00000161. The van der Waals surface area contributed by atoms with Crippen LogP contribution in [0.2, 0.25) is 0 Å². The van der Waals surface area contributed by atoms with E-state index in [1.54, 1.807) is 11.3 Å². The van der Waals surface area contributed by atoms with E-state index in [4.69, 9.17) is 5.73 Å². The van der Waals surface area contributed by atoms with Crippen molar-refractivity contribution in [3.63, 3.8) is 0 Å². The first kappa shape index (κ1) is 15.9. The summed E-state index contributed by atoms with van der Waals surface area (Å²) >= 11 is 1.64. The van der Waals surface area contributed by atoms with Crippen molar-refractivity contribution in [2.24, 2.45) is 0 Å². The third-order valence-electron chi connectivity index (χ3n) is 3.89. The SMILES string of the molecule is CC(C(=O)N1CCCc2c(N)cccc21)c1cccs1.Cl. The fraction of sp³-hybridized carbons (Fsp3) is 0.312. The maximum Gasteiger partial charge on any atom is 0.235 e. The number of anilines is 2. The molecule has 1 aromatic carbocycles. The molecule has 2 aromatic rings. The van der Waals surface area contributed by atoms with Crippen molar-refractivity contribution in [2.45, 2.75) is 25.7 Å². The van der Waals surface area contributed by atoms with Crippen molar-refractivity contribution in [2.75, 3.05) is 17.2 Å². The minimum atomic E-state index is -0.0950. The number of rotatable bonds is 2. The van der Waals surface area contributed by atoms with E-state index in [-0.39, 0.29) is 24.2 Å². The average molecular weight is 323 g/mol. The molecule has 3 rings (SSSR count). The van der Waals surface area contributed by atoms with E-state index in [0.29, 0.717) is 0 Å². The largest absolute Gasteiger partial charge is 0.398 e. The molecule has 2 heterocycles. The van der Waals surface area contributed by atoms with Crippen LogP contribution in [0.4, 0.5) is 11.4 Å². The third-order valence-corrected chi connectivity index (χ3v) is 4.95. The molecule has 0 aliphatic carbocycles. The van der Waals surface area contributed by atoms with Gasteiger partial charge in [0.1, 0.15) is 0 Å². The number of carbonyl (C=O) groups is 1. The highest BCUT2D eigenvalue weighted by molar-refractivity contribution is 7.10. The number of nitrogens with two attached hydrogens (primary N) is 1.